The summed E-state index contributed by atoms with van der Waals surface area (Å²) in [6.07, 6.45) is 0. The van der Waals surface area contributed by atoms with Crippen LogP contribution in [0.15, 0.2) is 48.5 Å². The van der Waals surface area contributed by atoms with Gasteiger partial charge < -0.3 is 20.0 Å². The number of amides is 1. The van der Waals surface area contributed by atoms with E-state index in [9.17, 15) is 19.1 Å². The third-order valence-electron chi connectivity index (χ3n) is 2.57. The Morgan fingerprint density at radius 3 is 2.62 bits per heavy atom. The van der Waals surface area contributed by atoms with E-state index in [0.29, 0.717) is 5.69 Å². The Hall–Kier alpha value is -2.89. The van der Waals surface area contributed by atoms with E-state index in [1.165, 1.54) is 30.3 Å². The smallest absolute Gasteiger partial charge is 0.258 e. The van der Waals surface area contributed by atoms with Gasteiger partial charge in [-0.2, -0.15) is 0 Å². The van der Waals surface area contributed by atoms with Crippen LogP contribution in [0.4, 0.5) is 10.1 Å². The molecule has 0 atom stereocenters. The summed E-state index contributed by atoms with van der Waals surface area (Å²) >= 11 is 0. The molecule has 2 aromatic carbocycles. The molecule has 0 bridgehead atoms. The van der Waals surface area contributed by atoms with Gasteiger partial charge in [0, 0.05) is 11.8 Å². The lowest BCUT2D eigenvalue weighted by Crippen LogP contribution is -2.28. The second-order valence-electron chi connectivity index (χ2n) is 4.12. The van der Waals surface area contributed by atoms with Gasteiger partial charge in [-0.1, -0.05) is 18.2 Å². The maximum Gasteiger partial charge on any atom is 0.258 e. The van der Waals surface area contributed by atoms with Crippen molar-refractivity contribution in [3.05, 3.63) is 59.9 Å². The zero-order valence-corrected chi connectivity index (χ0v) is 10.8. The van der Waals surface area contributed by atoms with Crippen molar-refractivity contribution in [2.75, 3.05) is 11.9 Å². The number of nitrogens with one attached hydrogen (secondary N) is 1. The molecular weight excluding hydrogens is 277 g/mol. The number of aliphatic carboxylic acids is 1. The van der Waals surface area contributed by atoms with Crippen LogP contribution in [0, 0.1) is 5.82 Å². The van der Waals surface area contributed by atoms with Crippen molar-refractivity contribution in [1.29, 1.82) is 0 Å². The number of halogens is 1. The van der Waals surface area contributed by atoms with Crippen LogP contribution < -0.4 is 15.2 Å². The first-order valence-electron chi connectivity index (χ1n) is 6.05. The van der Waals surface area contributed by atoms with Gasteiger partial charge in [0.25, 0.3) is 5.91 Å². The fraction of sp³-hybridized carbons (Fsp3) is 0.0667. The molecule has 0 saturated heterocycles. The van der Waals surface area contributed by atoms with Crippen LogP contribution in [0.2, 0.25) is 0 Å². The maximum atomic E-state index is 13.5. The highest BCUT2D eigenvalue weighted by Crippen LogP contribution is 2.18. The predicted molar refractivity (Wildman–Crippen MR) is 71.3 cm³/mol. The van der Waals surface area contributed by atoms with Gasteiger partial charge in [-0.25, -0.2) is 4.39 Å². The quantitative estimate of drug-likeness (QED) is 0.897. The predicted octanol–water partition coefficient (Wildman–Crippen LogP) is 1.21. The molecule has 0 radical (unpaired) electrons. The van der Waals surface area contributed by atoms with Gasteiger partial charge in [0.15, 0.2) is 0 Å². The standard InChI is InChI=1S/C15H12FNO4/c16-13-7-2-1-6-12(13)15(20)17-10-4-3-5-11(8-10)21-9-14(18)19/h1-8H,9H2,(H,17,20)(H,18,19)/p-1. The van der Waals surface area contributed by atoms with E-state index in [0.717, 1.165) is 0 Å². The lowest BCUT2D eigenvalue weighted by atomic mass is 10.2. The summed E-state index contributed by atoms with van der Waals surface area (Å²) in [7, 11) is 0. The van der Waals surface area contributed by atoms with E-state index in [1.54, 1.807) is 18.2 Å². The fourth-order valence-electron chi connectivity index (χ4n) is 1.65. The van der Waals surface area contributed by atoms with Crippen molar-refractivity contribution in [2.24, 2.45) is 0 Å². The molecule has 0 aliphatic rings. The molecule has 0 fully saturated rings. The van der Waals surface area contributed by atoms with E-state index in [-0.39, 0.29) is 11.3 Å². The van der Waals surface area contributed by atoms with E-state index in [1.807, 2.05) is 0 Å². The summed E-state index contributed by atoms with van der Waals surface area (Å²) in [4.78, 5) is 22.2. The molecule has 0 aliphatic heterocycles. The largest absolute Gasteiger partial charge is 0.546 e. The minimum Gasteiger partial charge on any atom is -0.546 e. The first-order valence-corrected chi connectivity index (χ1v) is 6.05. The SMILES string of the molecule is O=C([O-])COc1cccc(NC(=O)c2ccccc2F)c1. The van der Waals surface area contributed by atoms with Gasteiger partial charge in [0.05, 0.1) is 11.5 Å². The number of rotatable bonds is 5. The van der Waals surface area contributed by atoms with Gasteiger partial charge >= 0.3 is 0 Å². The molecule has 0 spiro atoms. The highest BCUT2D eigenvalue weighted by Gasteiger charge is 2.11. The number of carbonyl (C=O) groups excluding carboxylic acids is 2. The molecule has 0 aromatic heterocycles. The van der Waals surface area contributed by atoms with Crippen LogP contribution >= 0.6 is 0 Å². The minimum absolute atomic E-state index is 0.0847. The Labute approximate surface area is 120 Å². The first kappa shape index (κ1) is 14.5. The second kappa shape index (κ2) is 6.51. The van der Waals surface area contributed by atoms with Crippen molar-refractivity contribution in [3.63, 3.8) is 0 Å². The van der Waals surface area contributed by atoms with E-state index in [4.69, 9.17) is 4.74 Å². The molecule has 6 heteroatoms. The summed E-state index contributed by atoms with van der Waals surface area (Å²) in [5, 5.41) is 12.8. The minimum atomic E-state index is -1.35. The highest BCUT2D eigenvalue weighted by atomic mass is 19.1. The Balaban J connectivity index is 2.09. The van der Waals surface area contributed by atoms with Crippen molar-refractivity contribution < 1.29 is 23.8 Å². The molecule has 0 unspecified atom stereocenters. The molecule has 21 heavy (non-hydrogen) atoms. The summed E-state index contributed by atoms with van der Waals surface area (Å²) in [6.45, 7) is -0.593. The average molecular weight is 288 g/mol. The second-order valence-corrected chi connectivity index (χ2v) is 4.12. The van der Waals surface area contributed by atoms with Crippen LogP contribution in [0.25, 0.3) is 0 Å². The molecule has 0 aliphatic carbocycles. The Kier molecular flexibility index (Phi) is 4.50. The lowest BCUT2D eigenvalue weighted by molar-refractivity contribution is -0.307. The van der Waals surface area contributed by atoms with Gasteiger partial charge in [0.2, 0.25) is 0 Å². The molecule has 5 nitrogen and oxygen atoms in total. The van der Waals surface area contributed by atoms with Crippen LogP contribution in [-0.2, 0) is 4.79 Å². The topological polar surface area (TPSA) is 78.5 Å². The zero-order valence-electron chi connectivity index (χ0n) is 10.8. The Morgan fingerprint density at radius 1 is 1.14 bits per heavy atom. The number of carbonyl (C=O) groups is 2. The fourth-order valence-corrected chi connectivity index (χ4v) is 1.65. The molecule has 1 N–H and O–H groups in total. The van der Waals surface area contributed by atoms with Gasteiger partial charge in [-0.15, -0.1) is 0 Å². The van der Waals surface area contributed by atoms with E-state index < -0.39 is 24.3 Å². The van der Waals surface area contributed by atoms with Gasteiger partial charge in [-0.3, -0.25) is 4.79 Å². The van der Waals surface area contributed by atoms with Crippen molar-refractivity contribution >= 4 is 17.6 Å². The van der Waals surface area contributed by atoms with Crippen molar-refractivity contribution in [2.45, 2.75) is 0 Å². The summed E-state index contributed by atoms with van der Waals surface area (Å²) in [5.74, 6) is -2.33. The number of anilines is 1. The Bertz CT molecular complexity index is 672. The van der Waals surface area contributed by atoms with E-state index in [2.05, 4.69) is 5.32 Å². The number of ether oxygens (including phenoxy) is 1. The summed E-state index contributed by atoms with van der Waals surface area (Å²) < 4.78 is 18.4. The molecular formula is C15H11FNO4-. The average Bonchev–Trinajstić information content (AvgIpc) is 2.46. The normalized spacial score (nSPS) is 9.95. The van der Waals surface area contributed by atoms with Crippen LogP contribution in [0.3, 0.4) is 0 Å². The lowest BCUT2D eigenvalue weighted by Gasteiger charge is -2.10. The zero-order chi connectivity index (χ0) is 15.2. The van der Waals surface area contributed by atoms with E-state index >= 15 is 0 Å². The third kappa shape index (κ3) is 4.04. The molecule has 1 amide bonds. The van der Waals surface area contributed by atoms with Crippen LogP contribution in [0.1, 0.15) is 10.4 Å². The molecule has 0 heterocycles. The highest BCUT2D eigenvalue weighted by molar-refractivity contribution is 6.04. The summed E-state index contributed by atoms with van der Waals surface area (Å²) in [6, 6.07) is 11.7. The van der Waals surface area contributed by atoms with Crippen LogP contribution in [-0.4, -0.2) is 18.5 Å². The van der Waals surface area contributed by atoms with Gasteiger partial charge in [0.1, 0.15) is 18.2 Å². The number of benzene rings is 2. The monoisotopic (exact) mass is 288 g/mol. The number of hydrogen-bond acceptors (Lipinski definition) is 4. The van der Waals surface area contributed by atoms with Gasteiger partial charge in [-0.05, 0) is 24.3 Å². The molecule has 2 rings (SSSR count). The molecule has 0 saturated carbocycles. The molecule has 108 valence electrons. The molecule has 2 aromatic rings. The number of hydrogen-bond donors (Lipinski definition) is 1. The third-order valence-corrected chi connectivity index (χ3v) is 2.57. The maximum absolute atomic E-state index is 13.5. The van der Waals surface area contributed by atoms with Crippen LogP contribution in [0.5, 0.6) is 5.75 Å². The van der Waals surface area contributed by atoms with Crippen molar-refractivity contribution in [1.82, 2.24) is 0 Å². The Morgan fingerprint density at radius 2 is 1.90 bits per heavy atom. The van der Waals surface area contributed by atoms with Crippen molar-refractivity contribution in [3.8, 4) is 5.75 Å². The first-order chi connectivity index (χ1) is 10.1. The number of carboxylic acid groups (broad SMARTS) is 1. The summed E-state index contributed by atoms with van der Waals surface area (Å²) in [5.41, 5.74) is 0.276. The number of carboxylic acids is 1.